The molecule has 0 bridgehead atoms. The minimum atomic E-state index is -0.712. The van der Waals surface area contributed by atoms with Crippen LogP contribution in [0.4, 0.5) is 10.1 Å². The second-order valence-electron chi connectivity index (χ2n) is 5.43. The van der Waals surface area contributed by atoms with Gasteiger partial charge in [0.05, 0.1) is 4.92 Å². The molecule has 1 aliphatic rings. The number of benzene rings is 1. The molecule has 0 heterocycles. The monoisotopic (exact) mass is 280 g/mol. The van der Waals surface area contributed by atoms with E-state index in [0.29, 0.717) is 18.2 Å². The molecule has 1 N–H and O–H groups in total. The highest BCUT2D eigenvalue weighted by molar-refractivity contribution is 5.36. The third-order valence-corrected chi connectivity index (χ3v) is 3.94. The van der Waals surface area contributed by atoms with Crippen molar-refractivity contribution in [3.63, 3.8) is 0 Å². The molecule has 1 fully saturated rings. The van der Waals surface area contributed by atoms with Crippen molar-refractivity contribution in [3.05, 3.63) is 39.7 Å². The van der Waals surface area contributed by atoms with Gasteiger partial charge < -0.3 is 5.32 Å². The fraction of sp³-hybridized carbons (Fsp3) is 0.600. The maximum absolute atomic E-state index is 13.9. The van der Waals surface area contributed by atoms with Crippen LogP contribution in [-0.2, 0) is 6.54 Å². The average Bonchev–Trinajstić information content (AvgIpc) is 2.38. The van der Waals surface area contributed by atoms with Crippen molar-refractivity contribution in [1.82, 2.24) is 5.32 Å². The number of nitrogens with one attached hydrogen (secondary N) is 1. The van der Waals surface area contributed by atoms with E-state index in [-0.39, 0.29) is 0 Å². The number of nitrogens with zero attached hydrogens (tertiary/aromatic N) is 1. The molecular formula is C15H21FN2O2. The molecule has 20 heavy (non-hydrogen) atoms. The molecule has 0 aliphatic heterocycles. The summed E-state index contributed by atoms with van der Waals surface area (Å²) in [4.78, 5) is 10.0. The lowest BCUT2D eigenvalue weighted by Crippen LogP contribution is -2.29. The van der Waals surface area contributed by atoms with Crippen LogP contribution in [0.1, 0.15) is 50.5 Å². The van der Waals surface area contributed by atoms with Gasteiger partial charge in [0.25, 0.3) is 0 Å². The third-order valence-electron chi connectivity index (χ3n) is 3.94. The summed E-state index contributed by atoms with van der Waals surface area (Å²) in [5, 5.41) is 14.1. The number of hydrogen-bond acceptors (Lipinski definition) is 3. The van der Waals surface area contributed by atoms with Crippen molar-refractivity contribution in [3.8, 4) is 0 Å². The normalized spacial score (nSPS) is 17.4. The van der Waals surface area contributed by atoms with Gasteiger partial charge in [-0.1, -0.05) is 44.2 Å². The lowest BCUT2D eigenvalue weighted by atomic mass is 9.96. The van der Waals surface area contributed by atoms with Crippen LogP contribution in [-0.4, -0.2) is 11.0 Å². The third kappa shape index (κ3) is 4.00. The number of rotatable bonds is 4. The van der Waals surface area contributed by atoms with Crippen LogP contribution in [0.15, 0.2) is 18.2 Å². The molecule has 1 aromatic rings. The first-order chi connectivity index (χ1) is 9.68. The number of nitro groups is 1. The molecule has 1 saturated carbocycles. The fourth-order valence-corrected chi connectivity index (χ4v) is 2.76. The molecule has 110 valence electrons. The molecule has 2 rings (SSSR count). The highest BCUT2D eigenvalue weighted by atomic mass is 19.1. The summed E-state index contributed by atoms with van der Waals surface area (Å²) in [6.45, 7) is 0.359. The smallest absolute Gasteiger partial charge is 0.305 e. The predicted molar refractivity (Wildman–Crippen MR) is 76.0 cm³/mol. The maximum atomic E-state index is 13.9. The maximum Gasteiger partial charge on any atom is 0.305 e. The summed E-state index contributed by atoms with van der Waals surface area (Å²) in [6.07, 6.45) is 8.47. The standard InChI is InChI=1S/C15H21FN2O2/c16-15-12(7-6-10-14(15)18(19)20)11-17-13-8-4-2-1-3-5-9-13/h6-7,10,13,17H,1-5,8-9,11H2. The van der Waals surface area contributed by atoms with Crippen LogP contribution in [0.3, 0.4) is 0 Å². The largest absolute Gasteiger partial charge is 0.310 e. The predicted octanol–water partition coefficient (Wildman–Crippen LogP) is 3.94. The lowest BCUT2D eigenvalue weighted by Gasteiger charge is -2.21. The zero-order valence-corrected chi connectivity index (χ0v) is 11.6. The number of nitro benzene ring substituents is 1. The van der Waals surface area contributed by atoms with Crippen molar-refractivity contribution in [1.29, 1.82) is 0 Å². The molecule has 0 unspecified atom stereocenters. The van der Waals surface area contributed by atoms with Gasteiger partial charge in [-0.15, -0.1) is 0 Å². The van der Waals surface area contributed by atoms with E-state index in [1.165, 1.54) is 44.2 Å². The van der Waals surface area contributed by atoms with E-state index < -0.39 is 16.4 Å². The van der Waals surface area contributed by atoms with Gasteiger partial charge >= 0.3 is 5.69 Å². The van der Waals surface area contributed by atoms with E-state index >= 15 is 0 Å². The Bertz CT molecular complexity index is 457. The number of halogens is 1. The molecule has 0 atom stereocenters. The van der Waals surface area contributed by atoms with Crippen molar-refractivity contribution >= 4 is 5.69 Å². The van der Waals surface area contributed by atoms with Crippen LogP contribution < -0.4 is 5.32 Å². The molecule has 0 saturated heterocycles. The van der Waals surface area contributed by atoms with Gasteiger partial charge in [-0.2, -0.15) is 4.39 Å². The van der Waals surface area contributed by atoms with Gasteiger partial charge in [0.1, 0.15) is 0 Å². The minimum Gasteiger partial charge on any atom is -0.310 e. The second kappa shape index (κ2) is 7.33. The van der Waals surface area contributed by atoms with Crippen LogP contribution in [0, 0.1) is 15.9 Å². The van der Waals surface area contributed by atoms with E-state index in [1.807, 2.05) is 0 Å². The number of hydrogen-bond donors (Lipinski definition) is 1. The van der Waals surface area contributed by atoms with E-state index in [2.05, 4.69) is 5.32 Å². The summed E-state index contributed by atoms with van der Waals surface area (Å²) in [5.74, 6) is -0.712. The van der Waals surface area contributed by atoms with Gasteiger partial charge in [-0.05, 0) is 12.8 Å². The Morgan fingerprint density at radius 1 is 1.20 bits per heavy atom. The van der Waals surface area contributed by atoms with Crippen molar-refractivity contribution in [2.24, 2.45) is 0 Å². The van der Waals surface area contributed by atoms with E-state index in [9.17, 15) is 14.5 Å². The van der Waals surface area contributed by atoms with Gasteiger partial charge in [0, 0.05) is 24.2 Å². The lowest BCUT2D eigenvalue weighted by molar-refractivity contribution is -0.387. The zero-order chi connectivity index (χ0) is 14.4. The van der Waals surface area contributed by atoms with E-state index in [1.54, 1.807) is 6.07 Å². The fourth-order valence-electron chi connectivity index (χ4n) is 2.76. The Morgan fingerprint density at radius 2 is 1.85 bits per heavy atom. The molecule has 1 aliphatic carbocycles. The molecule has 0 spiro atoms. The van der Waals surface area contributed by atoms with E-state index in [0.717, 1.165) is 12.8 Å². The first-order valence-electron chi connectivity index (χ1n) is 7.33. The van der Waals surface area contributed by atoms with Crippen molar-refractivity contribution in [2.45, 2.75) is 57.5 Å². The van der Waals surface area contributed by atoms with Crippen LogP contribution in [0.5, 0.6) is 0 Å². The van der Waals surface area contributed by atoms with Crippen molar-refractivity contribution < 1.29 is 9.31 Å². The topological polar surface area (TPSA) is 55.2 Å². The van der Waals surface area contributed by atoms with Gasteiger partial charge in [-0.25, -0.2) is 0 Å². The van der Waals surface area contributed by atoms with Crippen LogP contribution in [0.25, 0.3) is 0 Å². The van der Waals surface area contributed by atoms with Crippen molar-refractivity contribution in [2.75, 3.05) is 0 Å². The summed E-state index contributed by atoms with van der Waals surface area (Å²) in [5.41, 5.74) is -0.0665. The molecule has 0 amide bonds. The summed E-state index contributed by atoms with van der Waals surface area (Å²) in [6, 6.07) is 4.75. The summed E-state index contributed by atoms with van der Waals surface area (Å²) >= 11 is 0. The van der Waals surface area contributed by atoms with Gasteiger partial charge in [-0.3, -0.25) is 10.1 Å². The summed E-state index contributed by atoms with van der Waals surface area (Å²) in [7, 11) is 0. The van der Waals surface area contributed by atoms with E-state index in [4.69, 9.17) is 0 Å². The second-order valence-corrected chi connectivity index (χ2v) is 5.43. The highest BCUT2D eigenvalue weighted by Gasteiger charge is 2.18. The zero-order valence-electron chi connectivity index (χ0n) is 11.6. The minimum absolute atomic E-state index is 0.359. The molecule has 4 nitrogen and oxygen atoms in total. The Kier molecular flexibility index (Phi) is 5.47. The molecule has 0 aromatic heterocycles. The Hall–Kier alpha value is -1.49. The Labute approximate surface area is 118 Å². The Morgan fingerprint density at radius 3 is 2.50 bits per heavy atom. The molecule has 5 heteroatoms. The molecular weight excluding hydrogens is 259 g/mol. The first kappa shape index (κ1) is 14.9. The Balaban J connectivity index is 1.96. The SMILES string of the molecule is O=[N+]([O-])c1cccc(CNC2CCCCCCC2)c1F. The van der Waals surface area contributed by atoms with Crippen LogP contribution in [0.2, 0.25) is 0 Å². The van der Waals surface area contributed by atoms with Crippen LogP contribution >= 0.6 is 0 Å². The van der Waals surface area contributed by atoms with Gasteiger partial charge in [0.15, 0.2) is 0 Å². The summed E-state index contributed by atoms with van der Waals surface area (Å²) < 4.78 is 13.9. The first-order valence-corrected chi connectivity index (χ1v) is 7.33. The quantitative estimate of drug-likeness (QED) is 0.671. The highest BCUT2D eigenvalue weighted by Crippen LogP contribution is 2.21. The van der Waals surface area contributed by atoms with Gasteiger partial charge in [0.2, 0.25) is 5.82 Å². The molecule has 1 aromatic carbocycles. The molecule has 0 radical (unpaired) electrons. The average molecular weight is 280 g/mol.